The van der Waals surface area contributed by atoms with Gasteiger partial charge in [-0.1, -0.05) is 38.1 Å². The first kappa shape index (κ1) is 17.9. The highest BCUT2D eigenvalue weighted by Crippen LogP contribution is 2.24. The van der Waals surface area contributed by atoms with Crippen molar-refractivity contribution in [1.29, 1.82) is 0 Å². The molecular formula is C17H26N2O3S. The molecule has 1 saturated heterocycles. The van der Waals surface area contributed by atoms with E-state index in [0.717, 1.165) is 5.56 Å². The number of sulfonamides is 1. The molecule has 128 valence electrons. The Morgan fingerprint density at radius 1 is 1.26 bits per heavy atom. The van der Waals surface area contributed by atoms with Crippen LogP contribution in [0.5, 0.6) is 0 Å². The summed E-state index contributed by atoms with van der Waals surface area (Å²) < 4.78 is 26.4. The monoisotopic (exact) mass is 338 g/mol. The number of carbonyl (C=O) groups excluding carboxylic acids is 1. The lowest BCUT2D eigenvalue weighted by atomic mass is 9.91. The normalized spacial score (nSPS) is 21.2. The molecule has 0 aromatic heterocycles. The van der Waals surface area contributed by atoms with Crippen LogP contribution < -0.4 is 10.0 Å². The third-order valence-corrected chi connectivity index (χ3v) is 6.15. The van der Waals surface area contributed by atoms with Crippen molar-refractivity contribution < 1.29 is 13.2 Å². The van der Waals surface area contributed by atoms with Crippen LogP contribution in [0.3, 0.4) is 0 Å². The minimum atomic E-state index is -3.56. The van der Waals surface area contributed by atoms with E-state index in [4.69, 9.17) is 0 Å². The molecule has 2 rings (SSSR count). The summed E-state index contributed by atoms with van der Waals surface area (Å²) in [7, 11) is -3.56. The zero-order valence-electron chi connectivity index (χ0n) is 14.2. The largest absolute Gasteiger partial charge is 0.346 e. The topological polar surface area (TPSA) is 75.3 Å². The van der Waals surface area contributed by atoms with Crippen molar-refractivity contribution in [3.8, 4) is 0 Å². The fourth-order valence-electron chi connectivity index (χ4n) is 2.77. The summed E-state index contributed by atoms with van der Waals surface area (Å²) in [5, 5.41) is 1.88. The molecule has 1 heterocycles. The number of nitrogens with one attached hydrogen (secondary N) is 2. The van der Waals surface area contributed by atoms with Gasteiger partial charge in [-0.15, -0.1) is 0 Å². The molecule has 1 aliphatic heterocycles. The first-order valence-corrected chi connectivity index (χ1v) is 9.59. The van der Waals surface area contributed by atoms with Crippen molar-refractivity contribution in [2.45, 2.75) is 57.2 Å². The van der Waals surface area contributed by atoms with E-state index < -0.39 is 26.7 Å². The van der Waals surface area contributed by atoms with Gasteiger partial charge < -0.3 is 5.32 Å². The summed E-state index contributed by atoms with van der Waals surface area (Å²) in [5.41, 5.74) is 1.56. The SMILES string of the molecule is CC(C)c1ccc(C(C)(C)NC(=O)C2CCCNS2(=O)=O)cc1. The van der Waals surface area contributed by atoms with Gasteiger partial charge in [0, 0.05) is 6.54 Å². The van der Waals surface area contributed by atoms with Crippen LogP contribution in [0.15, 0.2) is 24.3 Å². The summed E-state index contributed by atoms with van der Waals surface area (Å²) in [6.07, 6.45) is 1.05. The molecule has 1 atom stereocenters. The van der Waals surface area contributed by atoms with Crippen LogP contribution in [0.4, 0.5) is 0 Å². The summed E-state index contributed by atoms with van der Waals surface area (Å²) in [6, 6.07) is 8.08. The highest BCUT2D eigenvalue weighted by molar-refractivity contribution is 7.90. The Kier molecular flexibility index (Phi) is 5.16. The molecule has 1 unspecified atom stereocenters. The van der Waals surface area contributed by atoms with E-state index in [1.807, 2.05) is 38.1 Å². The maximum atomic E-state index is 12.4. The maximum Gasteiger partial charge on any atom is 0.240 e. The van der Waals surface area contributed by atoms with Crippen LogP contribution in [-0.4, -0.2) is 26.1 Å². The van der Waals surface area contributed by atoms with Gasteiger partial charge in [-0.05, 0) is 43.7 Å². The van der Waals surface area contributed by atoms with Crippen molar-refractivity contribution in [3.05, 3.63) is 35.4 Å². The molecule has 0 spiro atoms. The molecule has 5 nitrogen and oxygen atoms in total. The molecule has 0 bridgehead atoms. The molecule has 1 aromatic rings. The third-order valence-electron chi connectivity index (χ3n) is 4.35. The molecule has 23 heavy (non-hydrogen) atoms. The van der Waals surface area contributed by atoms with Gasteiger partial charge in [0.25, 0.3) is 0 Å². The van der Waals surface area contributed by atoms with E-state index >= 15 is 0 Å². The molecular weight excluding hydrogens is 312 g/mol. The summed E-state index contributed by atoms with van der Waals surface area (Å²) in [5.74, 6) is 0.00958. The molecule has 1 aromatic carbocycles. The number of hydrogen-bond donors (Lipinski definition) is 2. The first-order valence-electron chi connectivity index (χ1n) is 8.04. The fourth-order valence-corrected chi connectivity index (χ4v) is 4.22. The van der Waals surface area contributed by atoms with Crippen molar-refractivity contribution in [2.75, 3.05) is 6.54 Å². The predicted octanol–water partition coefficient (Wildman–Crippen LogP) is 2.24. The van der Waals surface area contributed by atoms with E-state index in [-0.39, 0.29) is 0 Å². The Morgan fingerprint density at radius 3 is 2.39 bits per heavy atom. The lowest BCUT2D eigenvalue weighted by Gasteiger charge is -2.30. The number of rotatable bonds is 4. The number of hydrogen-bond acceptors (Lipinski definition) is 3. The Morgan fingerprint density at radius 2 is 1.87 bits per heavy atom. The van der Waals surface area contributed by atoms with Gasteiger partial charge >= 0.3 is 0 Å². The average molecular weight is 338 g/mol. The van der Waals surface area contributed by atoms with Gasteiger partial charge in [0.1, 0.15) is 0 Å². The second kappa shape index (κ2) is 6.61. The smallest absolute Gasteiger partial charge is 0.240 e. The van der Waals surface area contributed by atoms with Crippen molar-refractivity contribution in [1.82, 2.24) is 10.0 Å². The van der Waals surface area contributed by atoms with Gasteiger partial charge in [-0.3, -0.25) is 4.79 Å². The summed E-state index contributed by atoms with van der Waals surface area (Å²) in [4.78, 5) is 12.4. The molecule has 2 N–H and O–H groups in total. The Labute approximate surface area is 138 Å². The standard InChI is InChI=1S/C17H26N2O3S/c1-12(2)13-7-9-14(10-8-13)17(3,4)19-16(20)15-6-5-11-18-23(15,21)22/h7-10,12,15,18H,5-6,11H2,1-4H3,(H,19,20). The highest BCUT2D eigenvalue weighted by atomic mass is 32.2. The average Bonchev–Trinajstić information content (AvgIpc) is 2.46. The molecule has 0 radical (unpaired) electrons. The van der Waals surface area contributed by atoms with Crippen LogP contribution in [0, 0.1) is 0 Å². The van der Waals surface area contributed by atoms with Crippen LogP contribution in [0.2, 0.25) is 0 Å². The van der Waals surface area contributed by atoms with Gasteiger partial charge in [0.2, 0.25) is 15.9 Å². The zero-order chi connectivity index (χ0) is 17.3. The van der Waals surface area contributed by atoms with Crippen molar-refractivity contribution in [3.63, 3.8) is 0 Å². The van der Waals surface area contributed by atoms with Gasteiger partial charge in [-0.25, -0.2) is 13.1 Å². The molecule has 6 heteroatoms. The number of carbonyl (C=O) groups is 1. The maximum absolute atomic E-state index is 12.4. The number of amides is 1. The highest BCUT2D eigenvalue weighted by Gasteiger charge is 2.37. The quantitative estimate of drug-likeness (QED) is 0.884. The zero-order valence-corrected chi connectivity index (χ0v) is 15.0. The van der Waals surface area contributed by atoms with E-state index in [1.54, 1.807) is 0 Å². The van der Waals surface area contributed by atoms with Gasteiger partial charge in [0.15, 0.2) is 5.25 Å². The minimum Gasteiger partial charge on any atom is -0.346 e. The molecule has 1 aliphatic rings. The van der Waals surface area contributed by atoms with E-state index in [9.17, 15) is 13.2 Å². The summed E-state index contributed by atoms with van der Waals surface area (Å²) >= 11 is 0. The van der Waals surface area contributed by atoms with Crippen LogP contribution >= 0.6 is 0 Å². The second-order valence-electron chi connectivity index (χ2n) is 6.96. The lowest BCUT2D eigenvalue weighted by molar-refractivity contribution is -0.122. The van der Waals surface area contributed by atoms with E-state index in [0.29, 0.717) is 25.3 Å². The molecule has 1 amide bonds. The van der Waals surface area contributed by atoms with E-state index in [2.05, 4.69) is 23.9 Å². The Hall–Kier alpha value is -1.40. The minimum absolute atomic E-state index is 0.365. The molecule has 1 fully saturated rings. The molecule has 0 aliphatic carbocycles. The van der Waals surface area contributed by atoms with Crippen LogP contribution in [0.1, 0.15) is 57.6 Å². The van der Waals surface area contributed by atoms with Crippen LogP contribution in [0.25, 0.3) is 0 Å². The second-order valence-corrected chi connectivity index (χ2v) is 8.91. The summed E-state index contributed by atoms with van der Waals surface area (Å²) in [6.45, 7) is 8.44. The molecule has 0 saturated carbocycles. The van der Waals surface area contributed by atoms with Crippen molar-refractivity contribution >= 4 is 15.9 Å². The first-order chi connectivity index (χ1) is 10.6. The Bertz CT molecular complexity index is 664. The predicted molar refractivity (Wildman–Crippen MR) is 91.6 cm³/mol. The van der Waals surface area contributed by atoms with Crippen LogP contribution in [-0.2, 0) is 20.4 Å². The van der Waals surface area contributed by atoms with Gasteiger partial charge in [-0.2, -0.15) is 0 Å². The lowest BCUT2D eigenvalue weighted by Crippen LogP contribution is -2.52. The van der Waals surface area contributed by atoms with Crippen molar-refractivity contribution in [2.24, 2.45) is 0 Å². The van der Waals surface area contributed by atoms with E-state index in [1.165, 1.54) is 5.56 Å². The fraction of sp³-hybridized carbons (Fsp3) is 0.588. The third kappa shape index (κ3) is 4.12. The van der Waals surface area contributed by atoms with Gasteiger partial charge in [0.05, 0.1) is 5.54 Å². The number of benzene rings is 1. The Balaban J connectivity index is 2.15.